The maximum absolute atomic E-state index is 9.26. The number of fused-ring (bicyclic) bond motifs is 1. The van der Waals surface area contributed by atoms with Crippen LogP contribution in [0.4, 0.5) is 0 Å². The average Bonchev–Trinajstić information content (AvgIpc) is 2.72. The van der Waals surface area contributed by atoms with Crippen molar-refractivity contribution in [2.45, 2.75) is 19.3 Å². The van der Waals surface area contributed by atoms with E-state index in [1.807, 2.05) is 19.1 Å². The van der Waals surface area contributed by atoms with Crippen molar-refractivity contribution in [3.05, 3.63) is 39.9 Å². The summed E-state index contributed by atoms with van der Waals surface area (Å²) >= 11 is 6.06. The molecule has 19 heavy (non-hydrogen) atoms. The van der Waals surface area contributed by atoms with Gasteiger partial charge >= 0.3 is 0 Å². The van der Waals surface area contributed by atoms with Gasteiger partial charge in [-0.2, -0.15) is 5.26 Å². The Bertz CT molecular complexity index is 540. The summed E-state index contributed by atoms with van der Waals surface area (Å²) in [5, 5.41) is 10.0. The quantitative estimate of drug-likeness (QED) is 0.832. The summed E-state index contributed by atoms with van der Waals surface area (Å²) in [7, 11) is 4.14. The molecular formula is C16H19ClN2. The Morgan fingerprint density at radius 2 is 2.16 bits per heavy atom. The van der Waals surface area contributed by atoms with Crippen LogP contribution in [0.3, 0.4) is 0 Å². The van der Waals surface area contributed by atoms with Crippen LogP contribution < -0.4 is 0 Å². The van der Waals surface area contributed by atoms with Gasteiger partial charge in [0.05, 0.1) is 12.0 Å². The van der Waals surface area contributed by atoms with Gasteiger partial charge in [0.15, 0.2) is 0 Å². The molecule has 0 saturated heterocycles. The number of nitriles is 1. The van der Waals surface area contributed by atoms with Crippen LogP contribution in [0, 0.1) is 17.2 Å². The average molecular weight is 275 g/mol. The minimum atomic E-state index is -0.00385. The molecule has 2 unspecified atom stereocenters. The standard InChI is InChI=1S/C16H19ClN2/c1-11(10-18)16-12(6-7-19(2)3)8-13-9-14(17)4-5-15(13)16/h4-5,8-9,11,16H,6-7H2,1-3H3. The fourth-order valence-electron chi connectivity index (χ4n) is 2.69. The first-order chi connectivity index (χ1) is 9.02. The van der Waals surface area contributed by atoms with E-state index >= 15 is 0 Å². The predicted octanol–water partition coefficient (Wildman–Crippen LogP) is 3.93. The van der Waals surface area contributed by atoms with Crippen LogP contribution in [0.2, 0.25) is 5.02 Å². The van der Waals surface area contributed by atoms with Crippen LogP contribution in [0.25, 0.3) is 6.08 Å². The largest absolute Gasteiger partial charge is 0.309 e. The molecule has 3 heteroatoms. The van der Waals surface area contributed by atoms with E-state index in [0.717, 1.165) is 18.0 Å². The molecule has 0 aliphatic heterocycles. The molecule has 100 valence electrons. The molecule has 0 amide bonds. The van der Waals surface area contributed by atoms with Gasteiger partial charge in [-0.1, -0.05) is 29.3 Å². The van der Waals surface area contributed by atoms with Gasteiger partial charge in [0, 0.05) is 17.5 Å². The third kappa shape index (κ3) is 3.00. The Kier molecular flexibility index (Phi) is 4.29. The van der Waals surface area contributed by atoms with Crippen molar-refractivity contribution >= 4 is 17.7 Å². The number of rotatable bonds is 4. The van der Waals surface area contributed by atoms with Gasteiger partial charge in [-0.05, 0) is 50.7 Å². The molecule has 1 aromatic carbocycles. The molecule has 0 spiro atoms. The number of nitrogens with zero attached hydrogens (tertiary/aromatic N) is 2. The van der Waals surface area contributed by atoms with E-state index in [0.29, 0.717) is 0 Å². The lowest BCUT2D eigenvalue weighted by molar-refractivity contribution is 0.407. The van der Waals surface area contributed by atoms with Crippen LogP contribution in [0.15, 0.2) is 23.8 Å². The highest BCUT2D eigenvalue weighted by molar-refractivity contribution is 6.30. The maximum atomic E-state index is 9.26. The predicted molar refractivity (Wildman–Crippen MR) is 80.1 cm³/mol. The van der Waals surface area contributed by atoms with Gasteiger partial charge in [0.1, 0.15) is 0 Å². The minimum Gasteiger partial charge on any atom is -0.309 e. The van der Waals surface area contributed by atoms with Crippen LogP contribution >= 0.6 is 11.6 Å². The normalized spacial score (nSPS) is 18.9. The van der Waals surface area contributed by atoms with Crippen molar-refractivity contribution < 1.29 is 0 Å². The summed E-state index contributed by atoms with van der Waals surface area (Å²) in [6.45, 7) is 3.00. The Morgan fingerprint density at radius 3 is 2.79 bits per heavy atom. The first-order valence-electron chi connectivity index (χ1n) is 6.57. The van der Waals surface area contributed by atoms with Crippen molar-refractivity contribution in [1.29, 1.82) is 5.26 Å². The van der Waals surface area contributed by atoms with E-state index in [2.05, 4.69) is 37.2 Å². The zero-order chi connectivity index (χ0) is 14.0. The van der Waals surface area contributed by atoms with Gasteiger partial charge in [-0.25, -0.2) is 0 Å². The molecule has 2 atom stereocenters. The first-order valence-corrected chi connectivity index (χ1v) is 6.95. The van der Waals surface area contributed by atoms with E-state index in [1.54, 1.807) is 0 Å². The molecule has 0 saturated carbocycles. The molecule has 0 fully saturated rings. The highest BCUT2D eigenvalue weighted by atomic mass is 35.5. The van der Waals surface area contributed by atoms with Gasteiger partial charge in [-0.3, -0.25) is 0 Å². The fraction of sp³-hybridized carbons (Fsp3) is 0.438. The Balaban J connectivity index is 2.32. The Labute approximate surface area is 120 Å². The maximum Gasteiger partial charge on any atom is 0.0662 e. The van der Waals surface area contributed by atoms with Crippen molar-refractivity contribution in [1.82, 2.24) is 4.90 Å². The van der Waals surface area contributed by atoms with Crippen molar-refractivity contribution in [3.63, 3.8) is 0 Å². The van der Waals surface area contributed by atoms with Crippen molar-refractivity contribution in [3.8, 4) is 6.07 Å². The van der Waals surface area contributed by atoms with E-state index in [9.17, 15) is 5.26 Å². The molecule has 1 aliphatic carbocycles. The molecule has 0 bridgehead atoms. The lowest BCUT2D eigenvalue weighted by atomic mass is 9.84. The van der Waals surface area contributed by atoms with Gasteiger partial charge in [-0.15, -0.1) is 0 Å². The molecular weight excluding hydrogens is 256 g/mol. The summed E-state index contributed by atoms with van der Waals surface area (Å²) in [5.74, 6) is 0.216. The number of hydrogen-bond donors (Lipinski definition) is 0. The van der Waals surface area contributed by atoms with E-state index in [1.165, 1.54) is 16.7 Å². The smallest absolute Gasteiger partial charge is 0.0662 e. The zero-order valence-corrected chi connectivity index (χ0v) is 12.4. The molecule has 0 radical (unpaired) electrons. The van der Waals surface area contributed by atoms with Gasteiger partial charge < -0.3 is 4.90 Å². The van der Waals surface area contributed by atoms with Gasteiger partial charge in [0.25, 0.3) is 0 Å². The van der Waals surface area contributed by atoms with E-state index in [-0.39, 0.29) is 11.8 Å². The number of benzene rings is 1. The third-order valence-corrected chi connectivity index (χ3v) is 3.91. The number of hydrogen-bond acceptors (Lipinski definition) is 2. The monoisotopic (exact) mass is 274 g/mol. The van der Waals surface area contributed by atoms with Crippen molar-refractivity contribution in [2.24, 2.45) is 5.92 Å². The van der Waals surface area contributed by atoms with Gasteiger partial charge in [0.2, 0.25) is 0 Å². The molecule has 1 aromatic rings. The summed E-state index contributed by atoms with van der Waals surface area (Å²) in [4.78, 5) is 2.17. The third-order valence-electron chi connectivity index (χ3n) is 3.68. The topological polar surface area (TPSA) is 27.0 Å². The SMILES string of the molecule is CC(C#N)C1C(CCN(C)C)=Cc2cc(Cl)ccc21. The molecule has 0 heterocycles. The van der Waals surface area contributed by atoms with Crippen molar-refractivity contribution in [2.75, 3.05) is 20.6 Å². The van der Waals surface area contributed by atoms with E-state index < -0.39 is 0 Å². The lowest BCUT2D eigenvalue weighted by Crippen LogP contribution is -2.16. The van der Waals surface area contributed by atoms with Crippen LogP contribution in [0.5, 0.6) is 0 Å². The van der Waals surface area contributed by atoms with Crippen LogP contribution in [-0.4, -0.2) is 25.5 Å². The lowest BCUT2D eigenvalue weighted by Gasteiger charge is -2.20. The highest BCUT2D eigenvalue weighted by Gasteiger charge is 2.29. The summed E-state index contributed by atoms with van der Waals surface area (Å²) in [6.07, 6.45) is 3.21. The first kappa shape index (κ1) is 14.1. The molecule has 0 N–H and O–H groups in total. The molecule has 2 rings (SSSR count). The summed E-state index contributed by atoms with van der Waals surface area (Å²) in [6, 6.07) is 8.37. The Hall–Kier alpha value is -1.30. The summed E-state index contributed by atoms with van der Waals surface area (Å²) < 4.78 is 0. The van der Waals surface area contributed by atoms with Crippen LogP contribution in [-0.2, 0) is 0 Å². The fourth-order valence-corrected chi connectivity index (χ4v) is 2.87. The Morgan fingerprint density at radius 1 is 1.42 bits per heavy atom. The second-order valence-electron chi connectivity index (χ2n) is 5.44. The second-order valence-corrected chi connectivity index (χ2v) is 5.88. The molecule has 1 aliphatic rings. The second kappa shape index (κ2) is 5.77. The minimum absolute atomic E-state index is 0.00385. The molecule has 2 nitrogen and oxygen atoms in total. The van der Waals surface area contributed by atoms with Crippen LogP contribution in [0.1, 0.15) is 30.4 Å². The highest BCUT2D eigenvalue weighted by Crippen LogP contribution is 2.43. The molecule has 0 aromatic heterocycles. The van der Waals surface area contributed by atoms with E-state index in [4.69, 9.17) is 11.6 Å². The number of halogens is 1. The summed E-state index contributed by atoms with van der Waals surface area (Å²) in [5.41, 5.74) is 3.76. The zero-order valence-electron chi connectivity index (χ0n) is 11.7.